The first kappa shape index (κ1) is 13.8. The summed E-state index contributed by atoms with van der Waals surface area (Å²) in [6.45, 7) is 3.13. The van der Waals surface area contributed by atoms with Gasteiger partial charge in [0.2, 0.25) is 5.91 Å². The first-order valence-corrected chi connectivity index (χ1v) is 6.72. The maximum Gasteiger partial charge on any atom is 0.250 e. The summed E-state index contributed by atoms with van der Waals surface area (Å²) >= 11 is 0. The molecule has 0 aliphatic carbocycles. The van der Waals surface area contributed by atoms with Crippen molar-refractivity contribution in [1.82, 2.24) is 0 Å². The fourth-order valence-electron chi connectivity index (χ4n) is 2.18. The molecule has 1 heterocycles. The smallest absolute Gasteiger partial charge is 0.250 e. The highest BCUT2D eigenvalue weighted by Gasteiger charge is 2.12. The van der Waals surface area contributed by atoms with Crippen molar-refractivity contribution in [2.45, 2.75) is 12.8 Å². The standard InChI is InChI=1S/C14H21N3O2/c15-7-10-19-11-14(18)16-12-3-5-13(6-4-12)17-8-1-2-9-17/h3-6H,1-2,7-11,15H2,(H,16,18). The van der Waals surface area contributed by atoms with E-state index in [1.807, 2.05) is 24.3 Å². The average molecular weight is 263 g/mol. The van der Waals surface area contributed by atoms with Gasteiger partial charge in [-0.25, -0.2) is 0 Å². The molecule has 1 aromatic carbocycles. The van der Waals surface area contributed by atoms with Crippen LogP contribution in [0.5, 0.6) is 0 Å². The number of amides is 1. The topological polar surface area (TPSA) is 67.6 Å². The van der Waals surface area contributed by atoms with Gasteiger partial charge in [-0.3, -0.25) is 4.79 Å². The molecule has 1 aromatic rings. The first-order valence-electron chi connectivity index (χ1n) is 6.72. The summed E-state index contributed by atoms with van der Waals surface area (Å²) < 4.78 is 5.08. The summed E-state index contributed by atoms with van der Waals surface area (Å²) in [6, 6.07) is 7.94. The summed E-state index contributed by atoms with van der Waals surface area (Å²) in [5.74, 6) is -0.151. The van der Waals surface area contributed by atoms with Gasteiger partial charge in [-0.2, -0.15) is 0 Å². The molecule has 5 heteroatoms. The lowest BCUT2D eigenvalue weighted by molar-refractivity contribution is -0.120. The maximum atomic E-state index is 11.5. The highest BCUT2D eigenvalue weighted by atomic mass is 16.5. The van der Waals surface area contributed by atoms with E-state index in [0.29, 0.717) is 13.2 Å². The molecule has 0 unspecified atom stereocenters. The molecule has 1 aliphatic rings. The van der Waals surface area contributed by atoms with E-state index in [0.717, 1.165) is 18.8 Å². The van der Waals surface area contributed by atoms with E-state index in [1.165, 1.54) is 18.5 Å². The van der Waals surface area contributed by atoms with Crippen LogP contribution < -0.4 is 16.0 Å². The molecular formula is C14H21N3O2. The molecule has 3 N–H and O–H groups in total. The van der Waals surface area contributed by atoms with Crippen LogP contribution in [0.3, 0.4) is 0 Å². The predicted octanol–water partition coefficient (Wildman–Crippen LogP) is 1.20. The third kappa shape index (κ3) is 4.22. The average Bonchev–Trinajstić information content (AvgIpc) is 2.94. The Morgan fingerprint density at radius 1 is 1.26 bits per heavy atom. The van der Waals surface area contributed by atoms with Gasteiger partial charge in [-0.05, 0) is 37.1 Å². The Balaban J connectivity index is 1.82. The van der Waals surface area contributed by atoms with Crippen molar-refractivity contribution in [2.75, 3.05) is 43.1 Å². The second kappa shape index (κ2) is 7.11. The van der Waals surface area contributed by atoms with Crippen LogP contribution in [-0.2, 0) is 9.53 Å². The first-order chi connectivity index (χ1) is 9.29. The van der Waals surface area contributed by atoms with Gasteiger partial charge in [0, 0.05) is 31.0 Å². The van der Waals surface area contributed by atoms with Crippen molar-refractivity contribution in [3.63, 3.8) is 0 Å². The number of carbonyl (C=O) groups is 1. The zero-order valence-corrected chi connectivity index (χ0v) is 11.1. The summed E-state index contributed by atoms with van der Waals surface area (Å²) in [4.78, 5) is 13.9. The van der Waals surface area contributed by atoms with Crippen molar-refractivity contribution in [1.29, 1.82) is 0 Å². The molecule has 0 saturated carbocycles. The normalized spacial score (nSPS) is 14.7. The largest absolute Gasteiger partial charge is 0.372 e. The molecule has 19 heavy (non-hydrogen) atoms. The molecule has 0 spiro atoms. The number of ether oxygens (including phenoxy) is 1. The monoisotopic (exact) mass is 263 g/mol. The number of anilines is 2. The minimum atomic E-state index is -0.151. The van der Waals surface area contributed by atoms with E-state index < -0.39 is 0 Å². The zero-order chi connectivity index (χ0) is 13.5. The molecule has 0 radical (unpaired) electrons. The van der Waals surface area contributed by atoms with Gasteiger partial charge >= 0.3 is 0 Å². The molecule has 1 amide bonds. The number of hydrogen-bond acceptors (Lipinski definition) is 4. The fraction of sp³-hybridized carbons (Fsp3) is 0.500. The summed E-state index contributed by atoms with van der Waals surface area (Å²) in [7, 11) is 0. The third-order valence-corrected chi connectivity index (χ3v) is 3.12. The van der Waals surface area contributed by atoms with Crippen LogP contribution in [0.15, 0.2) is 24.3 Å². The minimum Gasteiger partial charge on any atom is -0.372 e. The molecule has 5 nitrogen and oxygen atoms in total. The Morgan fingerprint density at radius 3 is 2.58 bits per heavy atom. The van der Waals surface area contributed by atoms with E-state index in [9.17, 15) is 4.79 Å². The van der Waals surface area contributed by atoms with E-state index in [-0.39, 0.29) is 12.5 Å². The molecule has 0 bridgehead atoms. The van der Waals surface area contributed by atoms with Crippen LogP contribution in [-0.4, -0.2) is 38.8 Å². The highest BCUT2D eigenvalue weighted by Crippen LogP contribution is 2.21. The fourth-order valence-corrected chi connectivity index (χ4v) is 2.18. The van der Waals surface area contributed by atoms with Gasteiger partial charge in [-0.15, -0.1) is 0 Å². The minimum absolute atomic E-state index is 0.0467. The Labute approximate surface area is 113 Å². The lowest BCUT2D eigenvalue weighted by Crippen LogP contribution is -2.21. The molecule has 1 fully saturated rings. The third-order valence-electron chi connectivity index (χ3n) is 3.12. The lowest BCUT2D eigenvalue weighted by atomic mass is 10.2. The van der Waals surface area contributed by atoms with Crippen molar-refractivity contribution < 1.29 is 9.53 Å². The van der Waals surface area contributed by atoms with E-state index in [4.69, 9.17) is 10.5 Å². The molecule has 0 atom stereocenters. The SMILES string of the molecule is NCCOCC(=O)Nc1ccc(N2CCCC2)cc1. The van der Waals surface area contributed by atoms with Gasteiger partial charge in [0.05, 0.1) is 6.61 Å². The van der Waals surface area contributed by atoms with Crippen molar-refractivity contribution >= 4 is 17.3 Å². The molecule has 2 rings (SSSR count). The number of benzene rings is 1. The molecule has 1 aliphatic heterocycles. The molecule has 104 valence electrons. The van der Waals surface area contributed by atoms with Gasteiger partial charge in [0.15, 0.2) is 0 Å². The van der Waals surface area contributed by atoms with Crippen molar-refractivity contribution in [3.8, 4) is 0 Å². The Kier molecular flexibility index (Phi) is 5.18. The Morgan fingerprint density at radius 2 is 1.95 bits per heavy atom. The molecule has 1 saturated heterocycles. The van der Waals surface area contributed by atoms with Gasteiger partial charge in [0.1, 0.15) is 6.61 Å². The van der Waals surface area contributed by atoms with E-state index >= 15 is 0 Å². The van der Waals surface area contributed by atoms with Crippen LogP contribution in [0.2, 0.25) is 0 Å². The summed E-state index contributed by atoms with van der Waals surface area (Å²) in [6.07, 6.45) is 2.52. The lowest BCUT2D eigenvalue weighted by Gasteiger charge is -2.17. The van der Waals surface area contributed by atoms with E-state index in [1.54, 1.807) is 0 Å². The number of nitrogens with one attached hydrogen (secondary N) is 1. The molecule has 0 aromatic heterocycles. The van der Waals surface area contributed by atoms with E-state index in [2.05, 4.69) is 10.2 Å². The van der Waals surface area contributed by atoms with Crippen LogP contribution in [0.4, 0.5) is 11.4 Å². The van der Waals surface area contributed by atoms with Crippen molar-refractivity contribution in [2.24, 2.45) is 5.73 Å². The van der Waals surface area contributed by atoms with Crippen molar-refractivity contribution in [3.05, 3.63) is 24.3 Å². The van der Waals surface area contributed by atoms with Gasteiger partial charge in [-0.1, -0.05) is 0 Å². The number of nitrogens with zero attached hydrogens (tertiary/aromatic N) is 1. The number of rotatable bonds is 6. The number of nitrogens with two attached hydrogens (primary N) is 1. The second-order valence-electron chi connectivity index (χ2n) is 4.63. The quantitative estimate of drug-likeness (QED) is 0.757. The second-order valence-corrected chi connectivity index (χ2v) is 4.63. The van der Waals surface area contributed by atoms with Crippen LogP contribution in [0, 0.1) is 0 Å². The highest BCUT2D eigenvalue weighted by molar-refractivity contribution is 5.91. The Bertz CT molecular complexity index is 400. The number of hydrogen-bond donors (Lipinski definition) is 2. The van der Waals surface area contributed by atoms with Crippen LogP contribution in [0.25, 0.3) is 0 Å². The maximum absolute atomic E-state index is 11.5. The van der Waals surface area contributed by atoms with Crippen LogP contribution in [0.1, 0.15) is 12.8 Å². The van der Waals surface area contributed by atoms with Gasteiger partial charge < -0.3 is 20.7 Å². The number of carbonyl (C=O) groups excluding carboxylic acids is 1. The summed E-state index contributed by atoms with van der Waals surface area (Å²) in [5.41, 5.74) is 7.30. The predicted molar refractivity (Wildman–Crippen MR) is 76.4 cm³/mol. The van der Waals surface area contributed by atoms with Crippen LogP contribution >= 0.6 is 0 Å². The zero-order valence-electron chi connectivity index (χ0n) is 11.1. The Hall–Kier alpha value is -1.59. The summed E-state index contributed by atoms with van der Waals surface area (Å²) in [5, 5.41) is 2.80. The van der Waals surface area contributed by atoms with Gasteiger partial charge in [0.25, 0.3) is 0 Å². The molecular weight excluding hydrogens is 242 g/mol.